The van der Waals surface area contributed by atoms with Crippen LogP contribution in [0.1, 0.15) is 6.92 Å². The molecule has 0 aromatic heterocycles. The quantitative estimate of drug-likeness (QED) is 0.292. The Kier molecular flexibility index (Phi) is 4.73. The number of thiocarbonyl (C=S) groups is 1. The van der Waals surface area contributed by atoms with E-state index in [9.17, 15) is 13.9 Å². The molecule has 0 fully saturated rings. The van der Waals surface area contributed by atoms with Gasteiger partial charge in [-0.3, -0.25) is 0 Å². The van der Waals surface area contributed by atoms with Gasteiger partial charge in [0.15, 0.2) is 11.6 Å². The molecule has 1 rings (SSSR count). The summed E-state index contributed by atoms with van der Waals surface area (Å²) in [4.78, 5) is -0.103. The van der Waals surface area contributed by atoms with Crippen molar-refractivity contribution in [2.45, 2.75) is 6.92 Å². The van der Waals surface area contributed by atoms with Crippen LogP contribution < -0.4 is 5.32 Å². The van der Waals surface area contributed by atoms with Crippen molar-refractivity contribution in [1.29, 1.82) is 5.26 Å². The Labute approximate surface area is 114 Å². The molecule has 1 aromatic rings. The Hall–Kier alpha value is -2.26. The molecule has 0 aliphatic heterocycles. The summed E-state index contributed by atoms with van der Waals surface area (Å²) in [5.74, 6) is -2.38. The summed E-state index contributed by atoms with van der Waals surface area (Å²) >= 11 is 4.92. The zero-order valence-electron chi connectivity index (χ0n) is 10.00. The highest BCUT2D eigenvalue weighted by molar-refractivity contribution is 7.81. The van der Waals surface area contributed by atoms with Crippen LogP contribution in [0.15, 0.2) is 41.7 Å². The molecule has 0 spiro atoms. The first kappa shape index (κ1) is 14.8. The molecule has 0 saturated carbocycles. The van der Waals surface area contributed by atoms with Crippen LogP contribution in [-0.2, 0) is 0 Å². The Balaban J connectivity index is 3.02. The van der Waals surface area contributed by atoms with Crippen molar-refractivity contribution in [1.82, 2.24) is 0 Å². The van der Waals surface area contributed by atoms with Crippen molar-refractivity contribution < 1.29 is 13.9 Å². The van der Waals surface area contributed by atoms with Crippen LogP contribution in [0, 0.1) is 23.0 Å². The van der Waals surface area contributed by atoms with Crippen LogP contribution in [0.3, 0.4) is 0 Å². The van der Waals surface area contributed by atoms with Crippen molar-refractivity contribution >= 4 is 22.9 Å². The first-order valence-corrected chi connectivity index (χ1v) is 5.53. The average Bonchev–Trinajstić information content (AvgIpc) is 2.34. The molecule has 2 N–H and O–H groups in total. The van der Waals surface area contributed by atoms with Crippen LogP contribution in [0.2, 0.25) is 0 Å². The predicted octanol–water partition coefficient (Wildman–Crippen LogP) is 3.62. The van der Waals surface area contributed by atoms with Crippen molar-refractivity contribution in [3.63, 3.8) is 0 Å². The second-order valence-corrected chi connectivity index (χ2v) is 4.11. The first-order chi connectivity index (χ1) is 8.86. The number of nitriles is 1. The van der Waals surface area contributed by atoms with Gasteiger partial charge in [0.2, 0.25) is 0 Å². The molecule has 19 heavy (non-hydrogen) atoms. The van der Waals surface area contributed by atoms with Crippen LogP contribution in [0.4, 0.5) is 14.5 Å². The van der Waals surface area contributed by atoms with Crippen LogP contribution in [0.25, 0.3) is 0 Å². The van der Waals surface area contributed by atoms with Gasteiger partial charge >= 0.3 is 0 Å². The maximum Gasteiger partial charge on any atom is 0.160 e. The number of aliphatic hydroxyl groups is 1. The fraction of sp³-hybridized carbons (Fsp3) is 0.0769. The van der Waals surface area contributed by atoms with Gasteiger partial charge in [0, 0.05) is 11.8 Å². The molecule has 0 saturated heterocycles. The zero-order chi connectivity index (χ0) is 14.6. The molecular weight excluding hydrogens is 270 g/mol. The largest absolute Gasteiger partial charge is 0.506 e. The standard InChI is InChI=1S/C13H10F2N2OS/c1-7(2)12(18)9(6-16)13(19)17-8-3-4-10(14)11(15)5-8/h3-5,18H,1H2,2H3,(H,17,19). The van der Waals surface area contributed by atoms with E-state index in [1.165, 1.54) is 13.0 Å². The summed E-state index contributed by atoms with van der Waals surface area (Å²) in [5.41, 5.74) is 0.254. The smallest absolute Gasteiger partial charge is 0.160 e. The zero-order valence-corrected chi connectivity index (χ0v) is 10.8. The summed E-state index contributed by atoms with van der Waals surface area (Å²) < 4.78 is 25.7. The number of rotatable bonds is 3. The van der Waals surface area contributed by atoms with E-state index in [1.807, 2.05) is 0 Å². The Morgan fingerprint density at radius 3 is 2.53 bits per heavy atom. The predicted molar refractivity (Wildman–Crippen MR) is 72.7 cm³/mol. The first-order valence-electron chi connectivity index (χ1n) is 5.12. The third-order valence-corrected chi connectivity index (χ3v) is 2.46. The van der Waals surface area contributed by atoms with Gasteiger partial charge in [0.1, 0.15) is 22.4 Å². The highest BCUT2D eigenvalue weighted by atomic mass is 32.1. The summed E-state index contributed by atoms with van der Waals surface area (Å²) in [6.45, 7) is 4.99. The van der Waals surface area contributed by atoms with Gasteiger partial charge in [0.05, 0.1) is 0 Å². The number of nitrogens with one attached hydrogen (secondary N) is 1. The minimum absolute atomic E-state index is 0.103. The second-order valence-electron chi connectivity index (χ2n) is 3.70. The van der Waals surface area contributed by atoms with Gasteiger partial charge in [-0.05, 0) is 24.6 Å². The second kappa shape index (κ2) is 6.07. The van der Waals surface area contributed by atoms with Crippen LogP contribution in [0.5, 0.6) is 0 Å². The number of nitrogens with zero attached hydrogens (tertiary/aromatic N) is 1. The van der Waals surface area contributed by atoms with Gasteiger partial charge in [-0.2, -0.15) is 5.26 Å². The molecule has 98 valence electrons. The van der Waals surface area contributed by atoms with Gasteiger partial charge in [-0.25, -0.2) is 8.78 Å². The normalized spacial score (nSPS) is 11.3. The Morgan fingerprint density at radius 1 is 1.42 bits per heavy atom. The minimum Gasteiger partial charge on any atom is -0.506 e. The molecule has 0 bridgehead atoms. The molecular formula is C13H10F2N2OS. The van der Waals surface area contributed by atoms with Crippen molar-refractivity contribution in [2.24, 2.45) is 0 Å². The number of halogens is 2. The van der Waals surface area contributed by atoms with E-state index >= 15 is 0 Å². The summed E-state index contributed by atoms with van der Waals surface area (Å²) in [5, 5.41) is 21.1. The van der Waals surface area contributed by atoms with Crippen molar-refractivity contribution in [2.75, 3.05) is 5.32 Å². The molecule has 0 aliphatic carbocycles. The van der Waals surface area contributed by atoms with Crippen LogP contribution >= 0.6 is 12.2 Å². The van der Waals surface area contributed by atoms with E-state index < -0.39 is 11.6 Å². The molecule has 0 unspecified atom stereocenters. The van der Waals surface area contributed by atoms with E-state index in [0.29, 0.717) is 0 Å². The highest BCUT2D eigenvalue weighted by Gasteiger charge is 2.13. The number of aliphatic hydroxyl groups excluding tert-OH is 1. The minimum atomic E-state index is -1.04. The molecule has 3 nitrogen and oxygen atoms in total. The maximum absolute atomic E-state index is 13.0. The SMILES string of the molecule is C=C(C)C(O)=C(C#N)C(=S)Nc1ccc(F)c(F)c1. The van der Waals surface area contributed by atoms with E-state index in [2.05, 4.69) is 11.9 Å². The third-order valence-electron chi connectivity index (χ3n) is 2.16. The lowest BCUT2D eigenvalue weighted by Gasteiger charge is -2.09. The fourth-order valence-corrected chi connectivity index (χ4v) is 1.45. The number of hydrogen-bond donors (Lipinski definition) is 2. The molecule has 0 aliphatic rings. The van der Waals surface area contributed by atoms with E-state index in [0.717, 1.165) is 12.1 Å². The molecule has 1 aromatic carbocycles. The van der Waals surface area contributed by atoms with Crippen LogP contribution in [-0.4, -0.2) is 10.1 Å². The lowest BCUT2D eigenvalue weighted by Crippen LogP contribution is -2.13. The number of benzene rings is 1. The monoisotopic (exact) mass is 280 g/mol. The fourth-order valence-electron chi connectivity index (χ4n) is 1.19. The number of anilines is 1. The Bertz CT molecular complexity index is 618. The van der Waals surface area contributed by atoms with Gasteiger partial charge in [0.25, 0.3) is 0 Å². The van der Waals surface area contributed by atoms with Crippen molar-refractivity contribution in [3.05, 3.63) is 53.3 Å². The number of allylic oxidation sites excluding steroid dienone is 1. The van der Waals surface area contributed by atoms with E-state index in [1.54, 1.807) is 6.07 Å². The molecule has 0 amide bonds. The van der Waals surface area contributed by atoms with E-state index in [4.69, 9.17) is 17.5 Å². The maximum atomic E-state index is 13.0. The van der Waals surface area contributed by atoms with Gasteiger partial charge in [-0.1, -0.05) is 18.8 Å². The highest BCUT2D eigenvalue weighted by Crippen LogP contribution is 2.16. The lowest BCUT2D eigenvalue weighted by molar-refractivity contribution is 0.422. The molecule has 0 radical (unpaired) electrons. The molecule has 0 atom stereocenters. The molecule has 0 heterocycles. The average molecular weight is 280 g/mol. The summed E-state index contributed by atoms with van der Waals surface area (Å²) in [6, 6.07) is 4.81. The summed E-state index contributed by atoms with van der Waals surface area (Å²) in [6.07, 6.45) is 0. The Morgan fingerprint density at radius 2 is 2.05 bits per heavy atom. The topological polar surface area (TPSA) is 56.0 Å². The van der Waals surface area contributed by atoms with Gasteiger partial charge < -0.3 is 10.4 Å². The lowest BCUT2D eigenvalue weighted by atomic mass is 10.1. The van der Waals surface area contributed by atoms with Gasteiger partial charge in [-0.15, -0.1) is 0 Å². The summed E-state index contributed by atoms with van der Waals surface area (Å²) in [7, 11) is 0. The third kappa shape index (κ3) is 3.60. The number of hydrogen-bond acceptors (Lipinski definition) is 3. The molecule has 6 heteroatoms. The van der Waals surface area contributed by atoms with E-state index in [-0.39, 0.29) is 27.6 Å². The van der Waals surface area contributed by atoms with Crippen molar-refractivity contribution in [3.8, 4) is 6.07 Å².